The van der Waals surface area contributed by atoms with Gasteiger partial charge in [0, 0.05) is 19.8 Å². The second-order valence-corrected chi connectivity index (χ2v) is 3.55. The van der Waals surface area contributed by atoms with Crippen molar-refractivity contribution in [1.29, 1.82) is 0 Å². The van der Waals surface area contributed by atoms with Crippen LogP contribution in [-0.2, 0) is 0 Å². The van der Waals surface area contributed by atoms with Gasteiger partial charge in [-0.25, -0.2) is 13.8 Å². The van der Waals surface area contributed by atoms with Gasteiger partial charge in [0.1, 0.15) is 5.82 Å². The minimum Gasteiger partial charge on any atom is -0.395 e. The third kappa shape index (κ3) is 3.92. The molecule has 1 aromatic rings. The molecule has 0 bridgehead atoms. The van der Waals surface area contributed by atoms with Gasteiger partial charge in [0.2, 0.25) is 0 Å². The quantitative estimate of drug-likeness (QED) is 0.794. The van der Waals surface area contributed by atoms with E-state index in [-0.39, 0.29) is 18.7 Å². The summed E-state index contributed by atoms with van der Waals surface area (Å²) in [7, 11) is 1.68. The number of anilines is 1. The average Bonchev–Trinajstić information content (AvgIpc) is 2.37. The summed E-state index contributed by atoms with van der Waals surface area (Å²) in [5.74, 6) is 0.00798. The molecule has 5 nitrogen and oxygen atoms in total. The third-order valence-corrected chi connectivity index (χ3v) is 2.28. The first-order chi connectivity index (χ1) is 8.58. The van der Waals surface area contributed by atoms with Gasteiger partial charge in [-0.05, 0) is 12.1 Å². The van der Waals surface area contributed by atoms with E-state index < -0.39 is 18.9 Å². The smallest absolute Gasteiger partial charge is 0.255 e. The molecule has 1 rings (SSSR count). The van der Waals surface area contributed by atoms with Crippen LogP contribution in [0.4, 0.5) is 14.6 Å². The Bertz CT molecular complexity index is 384. The SMILES string of the molecule is CNc1ccc(C(=O)N(CCO)CC(F)F)cn1. The van der Waals surface area contributed by atoms with E-state index in [0.717, 1.165) is 4.90 Å². The molecule has 0 spiro atoms. The number of nitrogens with one attached hydrogen (secondary N) is 1. The van der Waals surface area contributed by atoms with Gasteiger partial charge in [-0.3, -0.25) is 4.79 Å². The number of hydrogen-bond donors (Lipinski definition) is 2. The van der Waals surface area contributed by atoms with Gasteiger partial charge in [-0.15, -0.1) is 0 Å². The summed E-state index contributed by atoms with van der Waals surface area (Å²) in [6.07, 6.45) is -1.32. The van der Waals surface area contributed by atoms with Crippen LogP contribution in [-0.4, -0.2) is 54.1 Å². The van der Waals surface area contributed by atoms with Crippen LogP contribution in [0, 0.1) is 0 Å². The molecule has 1 heterocycles. The van der Waals surface area contributed by atoms with Crippen molar-refractivity contribution < 1.29 is 18.7 Å². The fourth-order valence-electron chi connectivity index (χ4n) is 1.41. The molecule has 18 heavy (non-hydrogen) atoms. The summed E-state index contributed by atoms with van der Waals surface area (Å²) in [5.41, 5.74) is 0.211. The molecule has 7 heteroatoms. The Labute approximate surface area is 103 Å². The maximum Gasteiger partial charge on any atom is 0.255 e. The lowest BCUT2D eigenvalue weighted by molar-refractivity contribution is 0.0509. The monoisotopic (exact) mass is 259 g/mol. The normalized spacial score (nSPS) is 10.5. The van der Waals surface area contributed by atoms with Crippen LogP contribution in [0.25, 0.3) is 0 Å². The molecule has 1 amide bonds. The van der Waals surface area contributed by atoms with Crippen LogP contribution in [0.2, 0.25) is 0 Å². The third-order valence-electron chi connectivity index (χ3n) is 2.28. The number of carbonyl (C=O) groups excluding carboxylic acids is 1. The van der Waals surface area contributed by atoms with E-state index in [1.807, 2.05) is 0 Å². The minimum atomic E-state index is -2.63. The molecule has 0 aliphatic carbocycles. The van der Waals surface area contributed by atoms with Gasteiger partial charge in [0.25, 0.3) is 12.3 Å². The number of amides is 1. The number of aliphatic hydroxyl groups is 1. The summed E-state index contributed by atoms with van der Waals surface area (Å²) < 4.78 is 24.6. The molecular formula is C11H15F2N3O2. The summed E-state index contributed by atoms with van der Waals surface area (Å²) in [6.45, 7) is -1.19. The van der Waals surface area contributed by atoms with Crippen molar-refractivity contribution >= 4 is 11.7 Å². The average molecular weight is 259 g/mol. The van der Waals surface area contributed by atoms with Crippen molar-refractivity contribution in [2.24, 2.45) is 0 Å². The number of carbonyl (C=O) groups is 1. The first-order valence-corrected chi connectivity index (χ1v) is 5.40. The zero-order chi connectivity index (χ0) is 13.5. The van der Waals surface area contributed by atoms with Crippen molar-refractivity contribution in [2.75, 3.05) is 32.1 Å². The Balaban J connectivity index is 2.80. The Kier molecular flexibility index (Phi) is 5.44. The lowest BCUT2D eigenvalue weighted by Gasteiger charge is -2.21. The molecule has 0 aromatic carbocycles. The lowest BCUT2D eigenvalue weighted by Crippen LogP contribution is -2.37. The maximum absolute atomic E-state index is 12.3. The highest BCUT2D eigenvalue weighted by Crippen LogP contribution is 2.09. The zero-order valence-corrected chi connectivity index (χ0v) is 9.94. The highest BCUT2D eigenvalue weighted by Gasteiger charge is 2.19. The van der Waals surface area contributed by atoms with Crippen LogP contribution in [0.3, 0.4) is 0 Å². The molecule has 2 N–H and O–H groups in total. The van der Waals surface area contributed by atoms with E-state index in [2.05, 4.69) is 10.3 Å². The molecule has 0 radical (unpaired) electrons. The van der Waals surface area contributed by atoms with Gasteiger partial charge >= 0.3 is 0 Å². The molecule has 0 aliphatic rings. The molecule has 0 unspecified atom stereocenters. The summed E-state index contributed by atoms with van der Waals surface area (Å²) in [6, 6.07) is 3.07. The Hall–Kier alpha value is -1.76. The topological polar surface area (TPSA) is 65.5 Å². The van der Waals surface area contributed by atoms with E-state index in [1.165, 1.54) is 12.3 Å². The number of hydrogen-bond acceptors (Lipinski definition) is 4. The van der Waals surface area contributed by atoms with Crippen molar-refractivity contribution in [3.05, 3.63) is 23.9 Å². The first kappa shape index (κ1) is 14.3. The highest BCUT2D eigenvalue weighted by molar-refractivity contribution is 5.94. The van der Waals surface area contributed by atoms with Crippen LogP contribution >= 0.6 is 0 Å². The molecule has 1 aromatic heterocycles. The fourth-order valence-corrected chi connectivity index (χ4v) is 1.41. The van der Waals surface area contributed by atoms with Crippen LogP contribution < -0.4 is 5.32 Å². The predicted octanol–water partition coefficient (Wildman–Crippen LogP) is 0.823. The maximum atomic E-state index is 12.3. The van der Waals surface area contributed by atoms with Gasteiger partial charge in [-0.2, -0.15) is 0 Å². The molecule has 0 atom stereocenters. The Morgan fingerprint density at radius 1 is 1.56 bits per heavy atom. The van der Waals surface area contributed by atoms with Crippen molar-refractivity contribution in [3.8, 4) is 0 Å². The molecule has 0 saturated heterocycles. The van der Waals surface area contributed by atoms with Gasteiger partial charge in [0.05, 0.1) is 18.7 Å². The Morgan fingerprint density at radius 3 is 2.72 bits per heavy atom. The Morgan fingerprint density at radius 2 is 2.28 bits per heavy atom. The number of pyridine rings is 1. The van der Waals surface area contributed by atoms with Gasteiger partial charge in [-0.1, -0.05) is 0 Å². The van der Waals surface area contributed by atoms with Crippen LogP contribution in [0.5, 0.6) is 0 Å². The summed E-state index contributed by atoms with van der Waals surface area (Å²) in [5, 5.41) is 11.5. The standard InChI is InChI=1S/C11H15F2N3O2/c1-14-10-3-2-8(6-15-10)11(18)16(4-5-17)7-9(12)13/h2-3,6,9,17H,4-5,7H2,1H3,(H,14,15). The predicted molar refractivity (Wildman–Crippen MR) is 62.8 cm³/mol. The zero-order valence-electron chi connectivity index (χ0n) is 9.94. The fraction of sp³-hybridized carbons (Fsp3) is 0.455. The van der Waals surface area contributed by atoms with E-state index in [0.29, 0.717) is 5.82 Å². The van der Waals surface area contributed by atoms with Crippen molar-refractivity contribution in [1.82, 2.24) is 9.88 Å². The molecule has 0 aliphatic heterocycles. The largest absolute Gasteiger partial charge is 0.395 e. The van der Waals surface area contributed by atoms with Gasteiger partial charge < -0.3 is 15.3 Å². The first-order valence-electron chi connectivity index (χ1n) is 5.40. The second kappa shape index (κ2) is 6.85. The number of alkyl halides is 2. The number of halogens is 2. The minimum absolute atomic E-state index is 0.128. The van der Waals surface area contributed by atoms with Crippen molar-refractivity contribution in [3.63, 3.8) is 0 Å². The van der Waals surface area contributed by atoms with Crippen LogP contribution in [0.1, 0.15) is 10.4 Å². The van der Waals surface area contributed by atoms with Crippen LogP contribution in [0.15, 0.2) is 18.3 Å². The van der Waals surface area contributed by atoms with Crippen molar-refractivity contribution in [2.45, 2.75) is 6.43 Å². The summed E-state index contributed by atoms with van der Waals surface area (Å²) in [4.78, 5) is 16.7. The van der Waals surface area contributed by atoms with E-state index in [4.69, 9.17) is 5.11 Å². The number of aromatic nitrogens is 1. The number of aliphatic hydroxyl groups excluding tert-OH is 1. The number of rotatable bonds is 6. The summed E-state index contributed by atoms with van der Waals surface area (Å²) >= 11 is 0. The molecular weight excluding hydrogens is 244 g/mol. The highest BCUT2D eigenvalue weighted by atomic mass is 19.3. The van der Waals surface area contributed by atoms with E-state index in [9.17, 15) is 13.6 Å². The number of nitrogens with zero attached hydrogens (tertiary/aromatic N) is 2. The lowest BCUT2D eigenvalue weighted by atomic mass is 10.2. The second-order valence-electron chi connectivity index (χ2n) is 3.55. The molecule has 100 valence electrons. The van der Waals surface area contributed by atoms with E-state index in [1.54, 1.807) is 13.1 Å². The molecule has 0 saturated carbocycles. The van der Waals surface area contributed by atoms with Gasteiger partial charge in [0.15, 0.2) is 0 Å². The molecule has 0 fully saturated rings. The van der Waals surface area contributed by atoms with E-state index >= 15 is 0 Å².